The largest absolute Gasteiger partial charge is 0.486 e. The van der Waals surface area contributed by atoms with Crippen LogP contribution in [-0.4, -0.2) is 32.2 Å². The molecular formula is C21H21BrN4O3S. The van der Waals surface area contributed by atoms with Gasteiger partial charge in [0.05, 0.1) is 5.75 Å². The predicted octanol–water partition coefficient (Wildman–Crippen LogP) is 4.57. The summed E-state index contributed by atoms with van der Waals surface area (Å²) in [5, 5.41) is 11.9. The molecule has 30 heavy (non-hydrogen) atoms. The van der Waals surface area contributed by atoms with Crippen molar-refractivity contribution in [2.45, 2.75) is 32.2 Å². The summed E-state index contributed by atoms with van der Waals surface area (Å²) < 4.78 is 8.69. The molecule has 0 unspecified atom stereocenters. The van der Waals surface area contributed by atoms with Crippen molar-refractivity contribution >= 4 is 45.1 Å². The Morgan fingerprint density at radius 3 is 2.43 bits per heavy atom. The molecule has 0 spiro atoms. The number of Topliss-reactive ketones (excluding diaryl/α,β-unsaturated/α-hetero) is 1. The van der Waals surface area contributed by atoms with Gasteiger partial charge in [-0.2, -0.15) is 0 Å². The third-order valence-electron chi connectivity index (χ3n) is 4.20. The first kappa shape index (κ1) is 22.0. The standard InChI is InChI=1S/C21H21BrN4O3S/c1-3-26-19(12-29-18-10-6-16(22)7-11-18)24-25-21(26)30-13-20(28)23-17-8-4-15(5-9-17)14(2)27/h4-11H,3,12-13H2,1-2H3,(H,23,28). The number of nitrogens with one attached hydrogen (secondary N) is 1. The van der Waals surface area contributed by atoms with Crippen LogP contribution in [0.25, 0.3) is 0 Å². The number of anilines is 1. The molecule has 2 aromatic carbocycles. The van der Waals surface area contributed by atoms with Crippen LogP contribution in [0, 0.1) is 0 Å². The number of thioether (sulfide) groups is 1. The number of nitrogens with zero attached hydrogens (tertiary/aromatic N) is 3. The normalized spacial score (nSPS) is 10.6. The van der Waals surface area contributed by atoms with Crippen LogP contribution >= 0.6 is 27.7 Å². The molecule has 0 fully saturated rings. The van der Waals surface area contributed by atoms with Crippen LogP contribution in [0.2, 0.25) is 0 Å². The van der Waals surface area contributed by atoms with E-state index < -0.39 is 0 Å². The molecule has 0 aliphatic rings. The number of rotatable bonds is 9. The predicted molar refractivity (Wildman–Crippen MR) is 120 cm³/mol. The fourth-order valence-corrected chi connectivity index (χ4v) is 3.73. The Hall–Kier alpha value is -2.65. The van der Waals surface area contributed by atoms with Crippen LogP contribution in [0.4, 0.5) is 5.69 Å². The molecule has 7 nitrogen and oxygen atoms in total. The number of ether oxygens (including phenoxy) is 1. The number of carbonyl (C=O) groups excluding carboxylic acids is 2. The van der Waals surface area contributed by atoms with Crippen molar-refractivity contribution in [3.8, 4) is 5.75 Å². The van der Waals surface area contributed by atoms with Gasteiger partial charge in [0, 0.05) is 22.3 Å². The topological polar surface area (TPSA) is 86.1 Å². The lowest BCUT2D eigenvalue weighted by molar-refractivity contribution is -0.113. The Labute approximate surface area is 187 Å². The van der Waals surface area contributed by atoms with E-state index in [0.29, 0.717) is 28.8 Å². The van der Waals surface area contributed by atoms with E-state index in [1.54, 1.807) is 24.3 Å². The van der Waals surface area contributed by atoms with Crippen LogP contribution in [0.1, 0.15) is 30.0 Å². The molecule has 0 radical (unpaired) electrons. The molecule has 0 saturated heterocycles. The van der Waals surface area contributed by atoms with E-state index in [1.807, 2.05) is 35.8 Å². The summed E-state index contributed by atoms with van der Waals surface area (Å²) >= 11 is 4.71. The quantitative estimate of drug-likeness (QED) is 0.350. The van der Waals surface area contributed by atoms with Crippen LogP contribution in [-0.2, 0) is 17.9 Å². The fraction of sp³-hybridized carbons (Fsp3) is 0.238. The fourth-order valence-electron chi connectivity index (χ4n) is 2.64. The van der Waals surface area contributed by atoms with Crippen LogP contribution < -0.4 is 10.1 Å². The lowest BCUT2D eigenvalue weighted by Crippen LogP contribution is -2.15. The number of carbonyl (C=O) groups is 2. The van der Waals surface area contributed by atoms with Gasteiger partial charge in [0.15, 0.2) is 16.8 Å². The monoisotopic (exact) mass is 488 g/mol. The minimum atomic E-state index is -0.158. The molecule has 1 amide bonds. The number of hydrogen-bond acceptors (Lipinski definition) is 6. The number of ketones is 1. The van der Waals surface area contributed by atoms with Crippen molar-refractivity contribution in [1.82, 2.24) is 14.8 Å². The van der Waals surface area contributed by atoms with E-state index in [1.165, 1.54) is 18.7 Å². The minimum Gasteiger partial charge on any atom is -0.486 e. The van der Waals surface area contributed by atoms with E-state index >= 15 is 0 Å². The molecule has 156 valence electrons. The van der Waals surface area contributed by atoms with Crippen molar-refractivity contribution in [2.75, 3.05) is 11.1 Å². The average Bonchev–Trinajstić information content (AvgIpc) is 3.14. The Balaban J connectivity index is 1.55. The molecule has 9 heteroatoms. The highest BCUT2D eigenvalue weighted by Crippen LogP contribution is 2.20. The maximum Gasteiger partial charge on any atom is 0.234 e. The highest BCUT2D eigenvalue weighted by Gasteiger charge is 2.14. The second kappa shape index (κ2) is 10.4. The number of halogens is 1. The van der Waals surface area contributed by atoms with Crippen LogP contribution in [0.15, 0.2) is 58.2 Å². The average molecular weight is 489 g/mol. The van der Waals surface area contributed by atoms with E-state index in [9.17, 15) is 9.59 Å². The van der Waals surface area contributed by atoms with Crippen LogP contribution in [0.5, 0.6) is 5.75 Å². The molecule has 0 aliphatic heterocycles. The lowest BCUT2D eigenvalue weighted by atomic mass is 10.1. The summed E-state index contributed by atoms with van der Waals surface area (Å²) in [6, 6.07) is 14.4. The van der Waals surface area contributed by atoms with Crippen molar-refractivity contribution in [2.24, 2.45) is 0 Å². The van der Waals surface area contributed by atoms with E-state index in [2.05, 4.69) is 31.4 Å². The Morgan fingerprint density at radius 2 is 1.80 bits per heavy atom. The summed E-state index contributed by atoms with van der Waals surface area (Å²) in [5.41, 5.74) is 1.25. The zero-order chi connectivity index (χ0) is 21.5. The first-order valence-electron chi connectivity index (χ1n) is 9.30. The van der Waals surface area contributed by atoms with E-state index in [0.717, 1.165) is 10.2 Å². The first-order valence-corrected chi connectivity index (χ1v) is 11.1. The van der Waals surface area contributed by atoms with Gasteiger partial charge in [-0.3, -0.25) is 9.59 Å². The molecule has 0 saturated carbocycles. The molecular weight excluding hydrogens is 468 g/mol. The lowest BCUT2D eigenvalue weighted by Gasteiger charge is -2.09. The molecule has 3 rings (SSSR count). The molecule has 0 atom stereocenters. The zero-order valence-corrected chi connectivity index (χ0v) is 19.0. The van der Waals surface area contributed by atoms with Gasteiger partial charge in [-0.15, -0.1) is 10.2 Å². The summed E-state index contributed by atoms with van der Waals surface area (Å²) in [4.78, 5) is 23.6. The van der Waals surface area contributed by atoms with Gasteiger partial charge in [0.2, 0.25) is 5.91 Å². The number of aromatic nitrogens is 3. The van der Waals surface area contributed by atoms with E-state index in [4.69, 9.17) is 4.74 Å². The van der Waals surface area contributed by atoms with E-state index in [-0.39, 0.29) is 24.1 Å². The molecule has 1 aromatic heterocycles. The van der Waals surface area contributed by atoms with Gasteiger partial charge in [-0.05, 0) is 62.4 Å². The minimum absolute atomic E-state index is 0.0118. The highest BCUT2D eigenvalue weighted by atomic mass is 79.9. The number of amides is 1. The molecule has 1 heterocycles. The SMILES string of the molecule is CCn1c(COc2ccc(Br)cc2)nnc1SCC(=O)Nc1ccc(C(C)=O)cc1. The van der Waals surface area contributed by atoms with Gasteiger partial charge in [0.1, 0.15) is 12.4 Å². The molecule has 0 aliphatic carbocycles. The molecule has 3 aromatic rings. The maximum absolute atomic E-state index is 12.3. The third-order valence-corrected chi connectivity index (χ3v) is 5.69. The Morgan fingerprint density at radius 1 is 1.10 bits per heavy atom. The summed E-state index contributed by atoms with van der Waals surface area (Å²) in [6.07, 6.45) is 0. The van der Waals surface area contributed by atoms with Gasteiger partial charge < -0.3 is 14.6 Å². The molecule has 0 bridgehead atoms. The van der Waals surface area contributed by atoms with Crippen molar-refractivity contribution in [3.63, 3.8) is 0 Å². The smallest absolute Gasteiger partial charge is 0.234 e. The molecule has 1 N–H and O–H groups in total. The summed E-state index contributed by atoms with van der Waals surface area (Å²) in [7, 11) is 0. The second-order valence-corrected chi connectivity index (χ2v) is 8.21. The summed E-state index contributed by atoms with van der Waals surface area (Å²) in [5.74, 6) is 1.47. The van der Waals surface area contributed by atoms with Crippen molar-refractivity contribution in [3.05, 3.63) is 64.4 Å². The van der Waals surface area contributed by atoms with Crippen LogP contribution in [0.3, 0.4) is 0 Å². The second-order valence-electron chi connectivity index (χ2n) is 6.36. The Bertz CT molecular complexity index is 1020. The van der Waals surface area contributed by atoms with Gasteiger partial charge in [0.25, 0.3) is 0 Å². The Kier molecular flexibility index (Phi) is 7.64. The first-order chi connectivity index (χ1) is 14.5. The zero-order valence-electron chi connectivity index (χ0n) is 16.6. The van der Waals surface area contributed by atoms with Crippen molar-refractivity contribution in [1.29, 1.82) is 0 Å². The highest BCUT2D eigenvalue weighted by molar-refractivity contribution is 9.10. The van der Waals surface area contributed by atoms with Gasteiger partial charge in [-0.1, -0.05) is 27.7 Å². The maximum atomic E-state index is 12.3. The van der Waals surface area contributed by atoms with Crippen molar-refractivity contribution < 1.29 is 14.3 Å². The van der Waals surface area contributed by atoms with Gasteiger partial charge in [-0.25, -0.2) is 0 Å². The number of hydrogen-bond donors (Lipinski definition) is 1. The summed E-state index contributed by atoms with van der Waals surface area (Å²) in [6.45, 7) is 4.46. The third kappa shape index (κ3) is 5.93. The number of benzene rings is 2. The van der Waals surface area contributed by atoms with Gasteiger partial charge >= 0.3 is 0 Å².